The molecule has 2 N–H and O–H groups in total. The van der Waals surface area contributed by atoms with Crippen molar-refractivity contribution in [2.24, 2.45) is 5.73 Å². The van der Waals surface area contributed by atoms with Gasteiger partial charge in [-0.1, -0.05) is 11.6 Å². The molecule has 0 aliphatic rings. The Balaban J connectivity index is 2.91. The maximum atomic E-state index is 5.92. The standard InChI is InChI=1S/C9H12ClNO/c1-12-8-2-3-9(10)7(6-8)4-5-11/h2-3,6H,4-5,11H2,1H3. The van der Waals surface area contributed by atoms with E-state index in [4.69, 9.17) is 22.1 Å². The number of hydrogen-bond donors (Lipinski definition) is 1. The van der Waals surface area contributed by atoms with Gasteiger partial charge in [-0.05, 0) is 36.7 Å². The average Bonchev–Trinajstić information content (AvgIpc) is 2.09. The molecule has 0 saturated carbocycles. The van der Waals surface area contributed by atoms with E-state index in [9.17, 15) is 0 Å². The first kappa shape index (κ1) is 9.36. The Labute approximate surface area is 77.3 Å². The molecule has 1 aromatic rings. The molecule has 0 fully saturated rings. The first-order valence-electron chi connectivity index (χ1n) is 3.80. The van der Waals surface area contributed by atoms with Crippen LogP contribution in [0.2, 0.25) is 5.02 Å². The molecule has 0 amide bonds. The van der Waals surface area contributed by atoms with E-state index in [0.717, 1.165) is 22.8 Å². The van der Waals surface area contributed by atoms with Gasteiger partial charge in [0.15, 0.2) is 0 Å². The van der Waals surface area contributed by atoms with Crippen LogP contribution in [0.15, 0.2) is 18.2 Å². The van der Waals surface area contributed by atoms with Crippen LogP contribution in [0.1, 0.15) is 5.56 Å². The van der Waals surface area contributed by atoms with E-state index in [0.29, 0.717) is 6.54 Å². The van der Waals surface area contributed by atoms with Crippen LogP contribution in [0, 0.1) is 0 Å². The number of methoxy groups -OCH3 is 1. The molecule has 0 unspecified atom stereocenters. The van der Waals surface area contributed by atoms with Crippen LogP contribution in [0.4, 0.5) is 0 Å². The summed E-state index contributed by atoms with van der Waals surface area (Å²) in [5, 5.41) is 0.751. The Hall–Kier alpha value is -0.730. The molecule has 0 bridgehead atoms. The van der Waals surface area contributed by atoms with Crippen LogP contribution in [-0.2, 0) is 6.42 Å². The number of hydrogen-bond acceptors (Lipinski definition) is 2. The molecular weight excluding hydrogens is 174 g/mol. The first-order chi connectivity index (χ1) is 5.77. The second-order valence-electron chi connectivity index (χ2n) is 2.50. The number of rotatable bonds is 3. The highest BCUT2D eigenvalue weighted by atomic mass is 35.5. The molecule has 0 spiro atoms. The molecule has 0 aromatic heterocycles. The van der Waals surface area contributed by atoms with Gasteiger partial charge in [0, 0.05) is 5.02 Å². The van der Waals surface area contributed by atoms with E-state index < -0.39 is 0 Å². The van der Waals surface area contributed by atoms with Crippen molar-refractivity contribution >= 4 is 11.6 Å². The number of benzene rings is 1. The zero-order valence-electron chi connectivity index (χ0n) is 7.01. The molecule has 3 heteroatoms. The molecule has 0 saturated heterocycles. The summed E-state index contributed by atoms with van der Waals surface area (Å²) in [5.74, 6) is 0.822. The molecule has 0 heterocycles. The summed E-state index contributed by atoms with van der Waals surface area (Å²) >= 11 is 5.92. The van der Waals surface area contributed by atoms with E-state index in [1.165, 1.54) is 0 Å². The Bertz CT molecular complexity index is 263. The van der Waals surface area contributed by atoms with Crippen molar-refractivity contribution in [3.8, 4) is 5.75 Å². The lowest BCUT2D eigenvalue weighted by Crippen LogP contribution is -2.03. The van der Waals surface area contributed by atoms with Gasteiger partial charge in [-0.3, -0.25) is 0 Å². The Morgan fingerprint density at radius 2 is 2.25 bits per heavy atom. The Kier molecular flexibility index (Phi) is 3.38. The third-order valence-electron chi connectivity index (χ3n) is 1.67. The summed E-state index contributed by atoms with van der Waals surface area (Å²) in [7, 11) is 1.63. The van der Waals surface area contributed by atoms with Crippen LogP contribution in [-0.4, -0.2) is 13.7 Å². The van der Waals surface area contributed by atoms with Crippen molar-refractivity contribution in [1.82, 2.24) is 0 Å². The fourth-order valence-corrected chi connectivity index (χ4v) is 1.24. The Morgan fingerprint density at radius 3 is 2.83 bits per heavy atom. The fourth-order valence-electron chi connectivity index (χ4n) is 1.03. The van der Waals surface area contributed by atoms with Gasteiger partial charge in [-0.15, -0.1) is 0 Å². The van der Waals surface area contributed by atoms with Crippen LogP contribution < -0.4 is 10.5 Å². The van der Waals surface area contributed by atoms with Crippen molar-refractivity contribution in [2.75, 3.05) is 13.7 Å². The first-order valence-corrected chi connectivity index (χ1v) is 4.18. The van der Waals surface area contributed by atoms with Gasteiger partial charge in [0.2, 0.25) is 0 Å². The predicted octanol–water partition coefficient (Wildman–Crippen LogP) is 1.85. The van der Waals surface area contributed by atoms with Crippen molar-refractivity contribution in [3.63, 3.8) is 0 Å². The largest absolute Gasteiger partial charge is 0.497 e. The zero-order chi connectivity index (χ0) is 8.97. The monoisotopic (exact) mass is 185 g/mol. The summed E-state index contributed by atoms with van der Waals surface area (Å²) in [6, 6.07) is 5.57. The zero-order valence-corrected chi connectivity index (χ0v) is 7.77. The third-order valence-corrected chi connectivity index (χ3v) is 2.04. The summed E-state index contributed by atoms with van der Waals surface area (Å²) in [6.45, 7) is 0.604. The minimum Gasteiger partial charge on any atom is -0.497 e. The maximum absolute atomic E-state index is 5.92. The molecule has 1 rings (SSSR count). The van der Waals surface area contributed by atoms with Gasteiger partial charge in [0.1, 0.15) is 5.75 Å². The van der Waals surface area contributed by atoms with Gasteiger partial charge in [-0.2, -0.15) is 0 Å². The van der Waals surface area contributed by atoms with Gasteiger partial charge in [0.25, 0.3) is 0 Å². The van der Waals surface area contributed by atoms with Gasteiger partial charge >= 0.3 is 0 Å². The van der Waals surface area contributed by atoms with Crippen LogP contribution in [0.3, 0.4) is 0 Å². The van der Waals surface area contributed by atoms with Crippen LogP contribution in [0.5, 0.6) is 5.75 Å². The number of ether oxygens (including phenoxy) is 1. The molecule has 1 aromatic carbocycles. The Morgan fingerprint density at radius 1 is 1.50 bits per heavy atom. The third kappa shape index (κ3) is 2.13. The van der Waals surface area contributed by atoms with E-state index >= 15 is 0 Å². The molecular formula is C9H12ClNO. The van der Waals surface area contributed by atoms with Crippen molar-refractivity contribution in [3.05, 3.63) is 28.8 Å². The SMILES string of the molecule is COc1ccc(Cl)c(CCN)c1. The lowest BCUT2D eigenvalue weighted by molar-refractivity contribution is 0.414. The second-order valence-corrected chi connectivity index (χ2v) is 2.90. The highest BCUT2D eigenvalue weighted by Crippen LogP contribution is 2.21. The summed E-state index contributed by atoms with van der Waals surface area (Å²) in [5.41, 5.74) is 6.46. The molecule has 12 heavy (non-hydrogen) atoms. The van der Waals surface area contributed by atoms with Crippen LogP contribution >= 0.6 is 11.6 Å². The number of halogens is 1. The highest BCUT2D eigenvalue weighted by molar-refractivity contribution is 6.31. The normalized spacial score (nSPS) is 9.92. The van der Waals surface area contributed by atoms with Gasteiger partial charge in [-0.25, -0.2) is 0 Å². The summed E-state index contributed by atoms with van der Waals surface area (Å²) in [6.07, 6.45) is 0.788. The average molecular weight is 186 g/mol. The second kappa shape index (κ2) is 4.33. The quantitative estimate of drug-likeness (QED) is 0.780. The van der Waals surface area contributed by atoms with Crippen molar-refractivity contribution in [2.45, 2.75) is 6.42 Å². The highest BCUT2D eigenvalue weighted by Gasteiger charge is 2.00. The van der Waals surface area contributed by atoms with Crippen LogP contribution in [0.25, 0.3) is 0 Å². The molecule has 66 valence electrons. The molecule has 0 aliphatic carbocycles. The van der Waals surface area contributed by atoms with E-state index in [1.807, 2.05) is 18.2 Å². The molecule has 0 atom stereocenters. The lowest BCUT2D eigenvalue weighted by Gasteiger charge is -2.05. The maximum Gasteiger partial charge on any atom is 0.119 e. The van der Waals surface area contributed by atoms with E-state index in [-0.39, 0.29) is 0 Å². The smallest absolute Gasteiger partial charge is 0.119 e. The minimum atomic E-state index is 0.604. The lowest BCUT2D eigenvalue weighted by atomic mass is 10.1. The molecule has 2 nitrogen and oxygen atoms in total. The predicted molar refractivity (Wildman–Crippen MR) is 50.8 cm³/mol. The fraction of sp³-hybridized carbons (Fsp3) is 0.333. The topological polar surface area (TPSA) is 35.2 Å². The van der Waals surface area contributed by atoms with Crippen molar-refractivity contribution < 1.29 is 4.74 Å². The van der Waals surface area contributed by atoms with Gasteiger partial charge in [0.05, 0.1) is 7.11 Å². The summed E-state index contributed by atoms with van der Waals surface area (Å²) < 4.78 is 5.06. The minimum absolute atomic E-state index is 0.604. The van der Waals surface area contributed by atoms with Crippen molar-refractivity contribution in [1.29, 1.82) is 0 Å². The number of nitrogens with two attached hydrogens (primary N) is 1. The molecule has 0 radical (unpaired) electrons. The van der Waals surface area contributed by atoms with E-state index in [2.05, 4.69) is 0 Å². The summed E-state index contributed by atoms with van der Waals surface area (Å²) in [4.78, 5) is 0. The van der Waals surface area contributed by atoms with Gasteiger partial charge < -0.3 is 10.5 Å². The van der Waals surface area contributed by atoms with E-state index in [1.54, 1.807) is 7.11 Å². The molecule has 0 aliphatic heterocycles.